The highest BCUT2D eigenvalue weighted by molar-refractivity contribution is 6.13. The van der Waals surface area contributed by atoms with Gasteiger partial charge in [-0.1, -0.05) is 24.3 Å². The van der Waals surface area contributed by atoms with E-state index in [4.69, 9.17) is 8.83 Å². The number of fused-ring (bicyclic) bond motifs is 10. The number of para-hydroxylation sites is 2. The quantitative estimate of drug-likeness (QED) is 0.206. The Morgan fingerprint density at radius 1 is 0.595 bits per heavy atom. The van der Waals surface area contributed by atoms with Crippen molar-refractivity contribution in [1.29, 1.82) is 0 Å². The van der Waals surface area contributed by atoms with Crippen molar-refractivity contribution in [3.05, 3.63) is 96.6 Å². The van der Waals surface area contributed by atoms with E-state index < -0.39 is 0 Å². The molecule has 4 heteroatoms. The van der Waals surface area contributed by atoms with Crippen molar-refractivity contribution in [3.8, 4) is 0 Å². The Labute approximate surface area is 210 Å². The van der Waals surface area contributed by atoms with Crippen LogP contribution in [0.15, 0.2) is 99.8 Å². The molecule has 0 aliphatic heterocycles. The van der Waals surface area contributed by atoms with E-state index in [-0.39, 0.29) is 0 Å². The van der Waals surface area contributed by atoms with Crippen molar-refractivity contribution in [2.45, 2.75) is 6.92 Å². The van der Waals surface area contributed by atoms with E-state index in [1.807, 2.05) is 0 Å². The van der Waals surface area contributed by atoms with Gasteiger partial charge < -0.3 is 8.83 Å². The lowest BCUT2D eigenvalue weighted by Gasteiger charge is -2.00. The maximum atomic E-state index is 6.33. The summed E-state index contributed by atoms with van der Waals surface area (Å²) in [5, 5.41) is 8.03. The molecule has 0 unspecified atom stereocenters. The highest BCUT2D eigenvalue weighted by atomic mass is 16.3. The van der Waals surface area contributed by atoms with Gasteiger partial charge in [-0.25, -0.2) is 4.57 Å². The zero-order valence-electron chi connectivity index (χ0n) is 20.4. The minimum absolute atomic E-state index is 0.899. The third-order valence-electron chi connectivity index (χ3n) is 8.11. The number of hydrogen-bond acceptors (Lipinski definition) is 2. The molecule has 0 radical (unpaired) electrons. The lowest BCUT2D eigenvalue weighted by atomic mass is 10.0. The summed E-state index contributed by atoms with van der Waals surface area (Å²) in [6, 6.07) is 32.6. The van der Waals surface area contributed by atoms with Crippen molar-refractivity contribution in [1.82, 2.24) is 4.40 Å². The smallest absolute Gasteiger partial charge is 0.295 e. The van der Waals surface area contributed by atoms with Crippen molar-refractivity contribution in [3.63, 3.8) is 0 Å². The van der Waals surface area contributed by atoms with Gasteiger partial charge in [0.05, 0.1) is 12.4 Å². The summed E-state index contributed by atoms with van der Waals surface area (Å²) in [5.41, 5.74) is 9.39. The molecule has 0 aliphatic rings. The third-order valence-corrected chi connectivity index (χ3v) is 8.11. The van der Waals surface area contributed by atoms with Crippen LogP contribution in [0, 0.1) is 6.92 Å². The minimum Gasteiger partial charge on any atom is -0.456 e. The Hall–Kier alpha value is -4.83. The van der Waals surface area contributed by atoms with E-state index in [1.165, 1.54) is 32.8 Å². The first-order valence-corrected chi connectivity index (χ1v) is 12.6. The van der Waals surface area contributed by atoms with Crippen LogP contribution in [0.2, 0.25) is 0 Å². The second kappa shape index (κ2) is 6.48. The van der Waals surface area contributed by atoms with Gasteiger partial charge in [-0.15, -0.1) is 0 Å². The van der Waals surface area contributed by atoms with Gasteiger partial charge in [-0.05, 0) is 90.0 Å². The second-order valence-corrected chi connectivity index (χ2v) is 10.2. The molecular formula is C33H21N2O2+. The number of aryl methyl sites for hydroxylation is 2. The van der Waals surface area contributed by atoms with Crippen LogP contribution >= 0.6 is 0 Å². The molecule has 0 saturated heterocycles. The molecule has 8 bridgehead atoms. The molecule has 0 spiro atoms. The standard InChI is InChI=1S/C33H21N2O2/c1-18-13-32-26-17-22(18)33-34(2)27-5-3-4-6-28(27)35(33)21-9-12-31-25(16-21)23-14-19(7-10-29(23)36-31)20-8-11-30(37-32)24(26)15-20/h3-17H,1-2H3/q+1. The first-order valence-electron chi connectivity index (χ1n) is 12.6. The molecule has 174 valence electrons. The van der Waals surface area contributed by atoms with Crippen molar-refractivity contribution < 1.29 is 13.4 Å². The average Bonchev–Trinajstić information content (AvgIpc) is 3.55. The zero-order valence-corrected chi connectivity index (χ0v) is 20.4. The van der Waals surface area contributed by atoms with Gasteiger partial charge >= 0.3 is 0 Å². The van der Waals surface area contributed by atoms with E-state index in [0.29, 0.717) is 0 Å². The van der Waals surface area contributed by atoms with E-state index in [0.717, 1.165) is 55.0 Å². The minimum atomic E-state index is 0.899. The van der Waals surface area contributed by atoms with E-state index in [2.05, 4.69) is 114 Å². The summed E-state index contributed by atoms with van der Waals surface area (Å²) in [7, 11) is 2.16. The molecule has 0 N–H and O–H groups in total. The normalized spacial score (nSPS) is 12.6. The van der Waals surface area contributed by atoms with Crippen LogP contribution in [0.1, 0.15) is 5.56 Å². The first-order chi connectivity index (χ1) is 18.1. The van der Waals surface area contributed by atoms with Gasteiger partial charge in [-0.3, -0.25) is 0 Å². The molecule has 0 amide bonds. The molecule has 0 saturated carbocycles. The number of hydrogen-bond donors (Lipinski definition) is 0. The SMILES string of the molecule is Cc1cc2oc3ccc4cc3c2cc1c1n(c2ccc3oc5ccc4cc5c3c2)c2ccccc2[n+]1C. The average molecular weight is 478 g/mol. The van der Waals surface area contributed by atoms with E-state index in [1.54, 1.807) is 0 Å². The number of furan rings is 2. The van der Waals surface area contributed by atoms with Crippen molar-refractivity contribution in [2.75, 3.05) is 0 Å². The Kier molecular flexibility index (Phi) is 3.39. The van der Waals surface area contributed by atoms with Crippen LogP contribution < -0.4 is 4.57 Å². The zero-order chi connectivity index (χ0) is 24.4. The maximum Gasteiger partial charge on any atom is 0.295 e. The topological polar surface area (TPSA) is 34.6 Å². The monoisotopic (exact) mass is 477 g/mol. The summed E-state index contributed by atoms with van der Waals surface area (Å²) >= 11 is 0. The molecule has 9 aromatic rings. The molecule has 9 rings (SSSR count). The molecule has 5 aromatic carbocycles. The van der Waals surface area contributed by atoms with Gasteiger partial charge in [0.15, 0.2) is 11.0 Å². The Bertz CT molecular complexity index is 2440. The Morgan fingerprint density at radius 3 is 1.97 bits per heavy atom. The Morgan fingerprint density at radius 2 is 1.22 bits per heavy atom. The van der Waals surface area contributed by atoms with Gasteiger partial charge in [0.25, 0.3) is 5.65 Å². The molecule has 4 aromatic heterocycles. The molecule has 4 nitrogen and oxygen atoms in total. The summed E-state index contributed by atoms with van der Waals surface area (Å²) in [6.45, 7) is 2.17. The number of benzene rings is 5. The fourth-order valence-electron chi connectivity index (χ4n) is 6.31. The van der Waals surface area contributed by atoms with Crippen LogP contribution in [-0.4, -0.2) is 4.40 Å². The molecule has 0 aliphatic carbocycles. The molecule has 4 heterocycles. The Balaban J connectivity index is 1.69. The van der Waals surface area contributed by atoms with Crippen molar-refractivity contribution >= 4 is 82.2 Å². The van der Waals surface area contributed by atoms with Crippen molar-refractivity contribution in [2.24, 2.45) is 7.05 Å². The van der Waals surface area contributed by atoms with E-state index >= 15 is 0 Å². The highest BCUT2D eigenvalue weighted by Gasteiger charge is 2.21. The van der Waals surface area contributed by atoms with E-state index in [9.17, 15) is 0 Å². The predicted octanol–water partition coefficient (Wildman–Crippen LogP) is 8.33. The number of nitrogens with zero attached hydrogens (tertiary/aromatic N) is 2. The van der Waals surface area contributed by atoms with Gasteiger partial charge in [-0.2, -0.15) is 4.40 Å². The van der Waals surface area contributed by atoms with Gasteiger partial charge in [0.2, 0.25) is 0 Å². The first kappa shape index (κ1) is 19.4. The molecule has 0 atom stereocenters. The van der Waals surface area contributed by atoms with Crippen LogP contribution in [0.3, 0.4) is 0 Å². The van der Waals surface area contributed by atoms with Crippen LogP contribution in [0.4, 0.5) is 0 Å². The number of imidazole rings is 1. The lowest BCUT2D eigenvalue weighted by Crippen LogP contribution is -2.27. The van der Waals surface area contributed by atoms with Gasteiger partial charge in [0, 0.05) is 21.5 Å². The predicted molar refractivity (Wildman–Crippen MR) is 150 cm³/mol. The summed E-state index contributed by atoms with van der Waals surface area (Å²) in [6.07, 6.45) is 0. The van der Waals surface area contributed by atoms with Crippen LogP contribution in [-0.2, 0) is 7.05 Å². The summed E-state index contributed by atoms with van der Waals surface area (Å²) < 4.78 is 17.3. The lowest BCUT2D eigenvalue weighted by molar-refractivity contribution is -0.617. The maximum absolute atomic E-state index is 6.33. The summed E-state index contributed by atoms with van der Waals surface area (Å²) in [5.74, 6) is 0. The van der Waals surface area contributed by atoms with Gasteiger partial charge in [0.1, 0.15) is 27.8 Å². The molecular weight excluding hydrogens is 456 g/mol. The third kappa shape index (κ3) is 2.40. The fraction of sp³-hybridized carbons (Fsp3) is 0.0606. The largest absolute Gasteiger partial charge is 0.456 e. The summed E-state index contributed by atoms with van der Waals surface area (Å²) in [4.78, 5) is 0. The highest BCUT2D eigenvalue weighted by Crippen LogP contribution is 2.36. The molecule has 37 heavy (non-hydrogen) atoms. The number of rotatable bonds is 0. The second-order valence-electron chi connectivity index (χ2n) is 10.2. The van der Waals surface area contributed by atoms with Crippen LogP contribution in [0.25, 0.3) is 82.2 Å². The molecule has 0 fully saturated rings. The fourth-order valence-corrected chi connectivity index (χ4v) is 6.31. The van der Waals surface area contributed by atoms with Crippen LogP contribution in [0.5, 0.6) is 0 Å². The number of aromatic nitrogens is 2.